The Hall–Kier alpha value is -4.95. The first-order chi connectivity index (χ1) is 20.1. The van der Waals surface area contributed by atoms with Crippen molar-refractivity contribution in [3.05, 3.63) is 150 Å². The highest BCUT2D eigenvalue weighted by molar-refractivity contribution is 6.09. The van der Waals surface area contributed by atoms with Crippen LogP contribution in [-0.2, 0) is 6.42 Å². The molecular weight excluding hydrogens is 496 g/mol. The minimum atomic E-state index is 0.895. The van der Waals surface area contributed by atoms with Crippen molar-refractivity contribution in [2.24, 2.45) is 0 Å². The van der Waals surface area contributed by atoms with E-state index in [0.717, 1.165) is 23.4 Å². The molecule has 0 aliphatic heterocycles. The highest BCUT2D eigenvalue weighted by Gasteiger charge is 2.26. The number of aromatic nitrogens is 2. The van der Waals surface area contributed by atoms with Crippen molar-refractivity contribution in [1.82, 2.24) is 9.55 Å². The van der Waals surface area contributed by atoms with Crippen LogP contribution in [0.3, 0.4) is 0 Å². The molecule has 1 aliphatic carbocycles. The molecule has 0 amide bonds. The van der Waals surface area contributed by atoms with E-state index in [-0.39, 0.29) is 0 Å². The topological polar surface area (TPSA) is 17.8 Å². The summed E-state index contributed by atoms with van der Waals surface area (Å²) in [5.74, 6) is 0. The van der Waals surface area contributed by atoms with Gasteiger partial charge in [0.1, 0.15) is 0 Å². The second-order valence-corrected chi connectivity index (χ2v) is 10.8. The molecule has 7 rings (SSSR count). The lowest BCUT2D eigenvalue weighted by atomic mass is 9.93. The van der Waals surface area contributed by atoms with Gasteiger partial charge in [-0.2, -0.15) is 0 Å². The maximum Gasteiger partial charge on any atom is 0.0717 e. The molecule has 2 aromatic heterocycles. The number of aryl methyl sites for hydroxylation is 1. The predicted molar refractivity (Wildman–Crippen MR) is 175 cm³/mol. The molecule has 2 heterocycles. The maximum absolute atomic E-state index is 5.12. The van der Waals surface area contributed by atoms with Crippen LogP contribution < -0.4 is 0 Å². The van der Waals surface area contributed by atoms with Crippen LogP contribution in [0.25, 0.3) is 55.5 Å². The number of hydrogen-bond acceptors (Lipinski definition) is 1. The van der Waals surface area contributed by atoms with Gasteiger partial charge < -0.3 is 4.57 Å². The predicted octanol–water partition coefficient (Wildman–Crippen LogP) is 10.2. The number of rotatable bonds is 5. The molecule has 0 fully saturated rings. The van der Waals surface area contributed by atoms with Crippen molar-refractivity contribution in [2.45, 2.75) is 27.2 Å². The molecule has 0 spiro atoms. The Labute approximate surface area is 241 Å². The van der Waals surface area contributed by atoms with Crippen molar-refractivity contribution in [2.75, 3.05) is 0 Å². The standard InChI is InChI=1S/C39H32N2/c1-5-7-14-27(6-2)33-24-35(40-26(4)25(33)3)32-19-12-15-28-23-34-31(39(28)32)18-13-22-38(34)41-36-20-10-8-16-29(36)30-17-9-11-21-37(30)41/h5-22,24H,2,23H2,1,3-4H3/b7-5-,27-14+. The summed E-state index contributed by atoms with van der Waals surface area (Å²) in [7, 11) is 0. The summed E-state index contributed by atoms with van der Waals surface area (Å²) in [5, 5.41) is 2.57. The van der Waals surface area contributed by atoms with Crippen molar-refractivity contribution in [1.29, 1.82) is 0 Å². The van der Waals surface area contributed by atoms with Gasteiger partial charge in [-0.3, -0.25) is 4.98 Å². The van der Waals surface area contributed by atoms with Gasteiger partial charge in [0.2, 0.25) is 0 Å². The summed E-state index contributed by atoms with van der Waals surface area (Å²) in [6, 6.07) is 33.2. The molecule has 0 radical (unpaired) electrons. The normalized spacial score (nSPS) is 12.8. The van der Waals surface area contributed by atoms with E-state index in [9.17, 15) is 0 Å². The molecule has 0 unspecified atom stereocenters. The van der Waals surface area contributed by atoms with E-state index < -0.39 is 0 Å². The molecular formula is C39H32N2. The Morgan fingerprint density at radius 2 is 1.51 bits per heavy atom. The summed E-state index contributed by atoms with van der Waals surface area (Å²) < 4.78 is 2.45. The highest BCUT2D eigenvalue weighted by atomic mass is 15.0. The molecule has 41 heavy (non-hydrogen) atoms. The molecule has 0 saturated heterocycles. The van der Waals surface area contributed by atoms with Gasteiger partial charge in [0.05, 0.1) is 22.4 Å². The Balaban J connectivity index is 1.45. The molecule has 2 heteroatoms. The maximum atomic E-state index is 5.12. The average Bonchev–Trinajstić information content (AvgIpc) is 3.55. The Kier molecular flexibility index (Phi) is 6.05. The molecule has 0 saturated carbocycles. The van der Waals surface area contributed by atoms with Crippen LogP contribution in [0.1, 0.15) is 34.9 Å². The number of para-hydroxylation sites is 2. The monoisotopic (exact) mass is 528 g/mol. The number of pyridine rings is 1. The summed E-state index contributed by atoms with van der Waals surface area (Å²) in [6.07, 6.45) is 9.07. The number of nitrogens with zero attached hydrogens (tertiary/aromatic N) is 2. The highest BCUT2D eigenvalue weighted by Crippen LogP contribution is 2.46. The van der Waals surface area contributed by atoms with Crippen molar-refractivity contribution in [3.8, 4) is 28.1 Å². The van der Waals surface area contributed by atoms with Crippen molar-refractivity contribution >= 4 is 27.4 Å². The third-order valence-electron chi connectivity index (χ3n) is 8.55. The zero-order valence-corrected chi connectivity index (χ0v) is 23.8. The first kappa shape index (κ1) is 25.0. The van der Waals surface area contributed by atoms with Gasteiger partial charge in [0.25, 0.3) is 0 Å². The summed E-state index contributed by atoms with van der Waals surface area (Å²) in [5.41, 5.74) is 15.7. The molecule has 1 aliphatic rings. The fourth-order valence-corrected chi connectivity index (χ4v) is 6.50. The molecule has 6 aromatic rings. The average molecular weight is 529 g/mol. The zero-order valence-electron chi connectivity index (χ0n) is 23.8. The first-order valence-electron chi connectivity index (χ1n) is 14.3. The zero-order chi connectivity index (χ0) is 28.1. The van der Waals surface area contributed by atoms with E-state index in [1.807, 2.05) is 19.1 Å². The van der Waals surface area contributed by atoms with E-state index >= 15 is 0 Å². The second kappa shape index (κ2) is 9.91. The van der Waals surface area contributed by atoms with Gasteiger partial charge >= 0.3 is 0 Å². The SMILES string of the molecule is C=C/C(=C\C=C/C)c1cc(-c2cccc3c2-c2cccc(-n4c5ccccc5c5ccccc54)c2C3)nc(C)c1C. The third kappa shape index (κ3) is 3.90. The molecule has 0 atom stereocenters. The van der Waals surface area contributed by atoms with Crippen LogP contribution in [-0.4, -0.2) is 9.55 Å². The number of benzene rings is 4. The first-order valence-corrected chi connectivity index (χ1v) is 14.3. The van der Waals surface area contributed by atoms with Crippen LogP contribution in [0.4, 0.5) is 0 Å². The third-order valence-corrected chi connectivity index (χ3v) is 8.55. The minimum Gasteiger partial charge on any atom is -0.309 e. The molecule has 198 valence electrons. The fourth-order valence-electron chi connectivity index (χ4n) is 6.50. The number of fused-ring (bicyclic) bond motifs is 6. The van der Waals surface area contributed by atoms with E-state index in [1.54, 1.807) is 0 Å². The van der Waals surface area contributed by atoms with Crippen LogP contribution in [0, 0.1) is 13.8 Å². The van der Waals surface area contributed by atoms with Crippen LogP contribution in [0.15, 0.2) is 122 Å². The Bertz CT molecular complexity index is 2010. The van der Waals surface area contributed by atoms with E-state index in [4.69, 9.17) is 4.98 Å². The number of allylic oxidation sites excluding steroid dienone is 5. The van der Waals surface area contributed by atoms with Crippen molar-refractivity contribution in [3.63, 3.8) is 0 Å². The number of hydrogen-bond donors (Lipinski definition) is 0. The lowest BCUT2D eigenvalue weighted by Gasteiger charge is -2.16. The second-order valence-electron chi connectivity index (χ2n) is 10.8. The molecule has 0 bridgehead atoms. The summed E-state index contributed by atoms with van der Waals surface area (Å²) in [6.45, 7) is 10.4. The molecule has 0 N–H and O–H groups in total. The van der Waals surface area contributed by atoms with Gasteiger partial charge in [0, 0.05) is 28.5 Å². The lowest BCUT2D eigenvalue weighted by molar-refractivity contribution is 1.12. The van der Waals surface area contributed by atoms with Gasteiger partial charge in [-0.15, -0.1) is 0 Å². The van der Waals surface area contributed by atoms with Crippen LogP contribution in [0.5, 0.6) is 0 Å². The van der Waals surface area contributed by atoms with Gasteiger partial charge in [-0.05, 0) is 84.0 Å². The Morgan fingerprint density at radius 1 is 0.829 bits per heavy atom. The smallest absolute Gasteiger partial charge is 0.0717 e. The summed E-state index contributed by atoms with van der Waals surface area (Å²) >= 11 is 0. The quantitative estimate of drug-likeness (QED) is 0.203. The van der Waals surface area contributed by atoms with Crippen LogP contribution in [0.2, 0.25) is 0 Å². The van der Waals surface area contributed by atoms with Gasteiger partial charge in [0.15, 0.2) is 0 Å². The van der Waals surface area contributed by atoms with E-state index in [2.05, 4.69) is 128 Å². The van der Waals surface area contributed by atoms with Gasteiger partial charge in [-0.25, -0.2) is 0 Å². The van der Waals surface area contributed by atoms with E-state index in [0.29, 0.717) is 0 Å². The van der Waals surface area contributed by atoms with Crippen LogP contribution >= 0.6 is 0 Å². The summed E-state index contributed by atoms with van der Waals surface area (Å²) in [4.78, 5) is 5.12. The van der Waals surface area contributed by atoms with Gasteiger partial charge in [-0.1, -0.05) is 97.6 Å². The molecule has 4 aromatic carbocycles. The largest absolute Gasteiger partial charge is 0.309 e. The molecule has 2 nitrogen and oxygen atoms in total. The minimum absolute atomic E-state index is 0.895. The Morgan fingerprint density at radius 3 is 2.22 bits per heavy atom. The fraction of sp³-hybridized carbons (Fsp3) is 0.103. The van der Waals surface area contributed by atoms with Crippen molar-refractivity contribution < 1.29 is 0 Å². The lowest BCUT2D eigenvalue weighted by Crippen LogP contribution is -1.99. The van der Waals surface area contributed by atoms with E-state index in [1.165, 1.54) is 66.4 Å².